The average molecular weight is 534 g/mol. The summed E-state index contributed by atoms with van der Waals surface area (Å²) in [5, 5.41) is 12.1. The number of aromatic nitrogens is 4. The molecule has 3 heterocycles. The van der Waals surface area contributed by atoms with Crippen molar-refractivity contribution in [3.8, 4) is 29.1 Å². The van der Waals surface area contributed by atoms with Gasteiger partial charge in [-0.25, -0.2) is 9.97 Å². The molecule has 0 aliphatic heterocycles. The normalized spacial score (nSPS) is 11.8. The highest BCUT2D eigenvalue weighted by Crippen LogP contribution is 2.38. The lowest BCUT2D eigenvalue weighted by molar-refractivity contribution is 0.483. The first-order chi connectivity index (χ1) is 19.9. The Labute approximate surface area is 237 Å². The quantitative estimate of drug-likeness (QED) is 0.227. The third-order valence-electron chi connectivity index (χ3n) is 7.49. The third kappa shape index (κ3) is 4.19. The van der Waals surface area contributed by atoms with Crippen LogP contribution in [0.2, 0.25) is 0 Å². The molecule has 0 unspecified atom stereocenters. The zero-order chi connectivity index (χ0) is 28.1. The maximum Gasteiger partial charge on any atom is 0.137 e. The van der Waals surface area contributed by atoms with Crippen LogP contribution in [0.15, 0.2) is 110 Å². The van der Waals surface area contributed by atoms with E-state index in [1.807, 2.05) is 89.9 Å². The van der Waals surface area contributed by atoms with Crippen molar-refractivity contribution in [1.82, 2.24) is 19.1 Å². The van der Waals surface area contributed by atoms with Crippen LogP contribution in [-0.2, 0) is 5.41 Å². The molecule has 0 saturated heterocycles. The Hall–Kier alpha value is -5.41. The van der Waals surface area contributed by atoms with Crippen molar-refractivity contribution in [2.75, 3.05) is 0 Å². The zero-order valence-electron chi connectivity index (χ0n) is 23.0. The first kappa shape index (κ1) is 24.6. The van der Waals surface area contributed by atoms with Crippen LogP contribution in [0.4, 0.5) is 0 Å². The lowest BCUT2D eigenvalue weighted by Gasteiger charge is -2.20. The van der Waals surface area contributed by atoms with E-state index in [1.54, 1.807) is 0 Å². The Morgan fingerprint density at radius 2 is 1.56 bits per heavy atom. The molecule has 0 saturated carbocycles. The van der Waals surface area contributed by atoms with Crippen molar-refractivity contribution in [2.24, 2.45) is 0 Å². The molecule has 0 aliphatic carbocycles. The van der Waals surface area contributed by atoms with Crippen LogP contribution in [0.5, 0.6) is 11.5 Å². The highest BCUT2D eigenvalue weighted by Gasteiger charge is 2.20. The first-order valence-corrected chi connectivity index (χ1v) is 13.6. The molecule has 0 fully saturated rings. The van der Waals surface area contributed by atoms with Gasteiger partial charge in [0.05, 0.1) is 39.4 Å². The van der Waals surface area contributed by atoms with E-state index in [1.165, 1.54) is 5.56 Å². The number of para-hydroxylation sites is 3. The summed E-state index contributed by atoms with van der Waals surface area (Å²) >= 11 is 0. The number of hydrogen-bond acceptors (Lipinski definition) is 4. The van der Waals surface area contributed by atoms with Gasteiger partial charge in [-0.1, -0.05) is 57.2 Å². The SMILES string of the molecule is CC(C)(C)c1ccnc(-n2c3ccccc3c3c(C#N)cc(Oc4cccc(-n5cnc6ccccc65)c4)cc32)c1. The number of hydrogen-bond donors (Lipinski definition) is 0. The van der Waals surface area contributed by atoms with Crippen molar-refractivity contribution in [3.63, 3.8) is 0 Å². The summed E-state index contributed by atoms with van der Waals surface area (Å²) in [6.07, 6.45) is 3.67. The minimum absolute atomic E-state index is 0.0336. The number of pyridine rings is 1. The van der Waals surface area contributed by atoms with Crippen LogP contribution < -0.4 is 4.74 Å². The lowest BCUT2D eigenvalue weighted by Crippen LogP contribution is -2.12. The van der Waals surface area contributed by atoms with Crippen molar-refractivity contribution in [2.45, 2.75) is 26.2 Å². The second kappa shape index (κ2) is 9.35. The number of benzene rings is 4. The summed E-state index contributed by atoms with van der Waals surface area (Å²) in [5.74, 6) is 2.05. The molecule has 6 heteroatoms. The van der Waals surface area contributed by atoms with E-state index in [9.17, 15) is 5.26 Å². The monoisotopic (exact) mass is 533 g/mol. The van der Waals surface area contributed by atoms with Crippen LogP contribution in [0, 0.1) is 11.3 Å². The molecular weight excluding hydrogens is 506 g/mol. The van der Waals surface area contributed by atoms with Crippen molar-refractivity contribution in [1.29, 1.82) is 5.26 Å². The summed E-state index contributed by atoms with van der Waals surface area (Å²) in [6.45, 7) is 6.58. The van der Waals surface area contributed by atoms with Gasteiger partial charge in [0.1, 0.15) is 23.6 Å². The standard InChI is InChI=1S/C35H27N5O/c1-35(2,3)24-15-16-37-33(18-24)40-30-13-6-4-11-28(30)34-23(21-36)17-27(20-32(34)40)41-26-10-8-9-25(19-26)39-22-38-29-12-5-7-14-31(29)39/h4-20,22H,1-3H3. The predicted molar refractivity (Wildman–Crippen MR) is 163 cm³/mol. The predicted octanol–water partition coefficient (Wildman–Crippen LogP) is 8.48. The Balaban J connectivity index is 1.38. The summed E-state index contributed by atoms with van der Waals surface area (Å²) < 4.78 is 10.6. The fraction of sp³-hybridized carbons (Fsp3) is 0.114. The molecule has 0 radical (unpaired) electrons. The maximum absolute atomic E-state index is 10.2. The Morgan fingerprint density at radius 1 is 0.756 bits per heavy atom. The van der Waals surface area contributed by atoms with E-state index in [0.29, 0.717) is 17.1 Å². The molecule has 0 amide bonds. The molecule has 0 bridgehead atoms. The van der Waals surface area contributed by atoms with Crippen LogP contribution in [0.3, 0.4) is 0 Å². The van der Waals surface area contributed by atoms with Gasteiger partial charge in [0, 0.05) is 29.1 Å². The molecule has 0 atom stereocenters. The van der Waals surface area contributed by atoms with Crippen molar-refractivity contribution < 1.29 is 4.74 Å². The molecule has 6 nitrogen and oxygen atoms in total. The van der Waals surface area contributed by atoms with E-state index < -0.39 is 0 Å². The van der Waals surface area contributed by atoms with Crippen molar-refractivity contribution in [3.05, 3.63) is 121 Å². The molecule has 41 heavy (non-hydrogen) atoms. The molecule has 198 valence electrons. The molecule has 3 aromatic heterocycles. The molecule has 4 aromatic carbocycles. The minimum Gasteiger partial charge on any atom is -0.457 e. The number of ether oxygens (including phenoxy) is 1. The summed E-state index contributed by atoms with van der Waals surface area (Å²) in [5.41, 5.74) is 6.46. The van der Waals surface area contributed by atoms with Gasteiger partial charge in [0.25, 0.3) is 0 Å². The van der Waals surface area contributed by atoms with Gasteiger partial charge < -0.3 is 4.74 Å². The Morgan fingerprint density at radius 3 is 2.39 bits per heavy atom. The molecular formula is C35H27N5O. The zero-order valence-corrected chi connectivity index (χ0v) is 23.0. The summed E-state index contributed by atoms with van der Waals surface area (Å²) in [7, 11) is 0. The first-order valence-electron chi connectivity index (χ1n) is 13.6. The molecule has 0 spiro atoms. The van der Waals surface area contributed by atoms with Gasteiger partial charge in [-0.15, -0.1) is 0 Å². The lowest BCUT2D eigenvalue weighted by atomic mass is 9.88. The summed E-state index contributed by atoms with van der Waals surface area (Å²) in [4.78, 5) is 9.28. The van der Waals surface area contributed by atoms with Gasteiger partial charge in [-0.05, 0) is 59.5 Å². The maximum atomic E-state index is 10.2. The summed E-state index contributed by atoms with van der Waals surface area (Å²) in [6, 6.07) is 34.5. The second-order valence-corrected chi connectivity index (χ2v) is 11.2. The topological polar surface area (TPSA) is 68.7 Å². The van der Waals surface area contributed by atoms with Gasteiger partial charge in [0.2, 0.25) is 0 Å². The van der Waals surface area contributed by atoms with E-state index in [-0.39, 0.29) is 5.41 Å². The fourth-order valence-electron chi connectivity index (χ4n) is 5.47. The smallest absolute Gasteiger partial charge is 0.137 e. The Kier molecular flexibility index (Phi) is 5.62. The van der Waals surface area contributed by atoms with Gasteiger partial charge in [0.15, 0.2) is 0 Å². The number of rotatable bonds is 4. The average Bonchev–Trinajstić information content (AvgIpc) is 3.56. The number of imidazole rings is 1. The molecule has 0 aliphatic rings. The molecule has 7 rings (SSSR count). The van der Waals surface area contributed by atoms with Crippen LogP contribution in [-0.4, -0.2) is 19.1 Å². The highest BCUT2D eigenvalue weighted by atomic mass is 16.5. The van der Waals surface area contributed by atoms with Gasteiger partial charge >= 0.3 is 0 Å². The number of nitriles is 1. The van der Waals surface area contributed by atoms with E-state index >= 15 is 0 Å². The fourth-order valence-corrected chi connectivity index (χ4v) is 5.47. The highest BCUT2D eigenvalue weighted by molar-refractivity contribution is 6.12. The van der Waals surface area contributed by atoms with Crippen LogP contribution in [0.25, 0.3) is 44.3 Å². The van der Waals surface area contributed by atoms with E-state index in [4.69, 9.17) is 9.72 Å². The second-order valence-electron chi connectivity index (χ2n) is 11.2. The third-order valence-corrected chi connectivity index (χ3v) is 7.49. The largest absolute Gasteiger partial charge is 0.457 e. The van der Waals surface area contributed by atoms with Gasteiger partial charge in [-0.3, -0.25) is 9.13 Å². The van der Waals surface area contributed by atoms with E-state index in [0.717, 1.165) is 44.3 Å². The molecule has 7 aromatic rings. The van der Waals surface area contributed by atoms with Crippen molar-refractivity contribution >= 4 is 32.8 Å². The Bertz CT molecular complexity index is 2140. The van der Waals surface area contributed by atoms with Crippen LogP contribution >= 0.6 is 0 Å². The van der Waals surface area contributed by atoms with E-state index in [2.05, 4.69) is 60.7 Å². The minimum atomic E-state index is -0.0336. The van der Waals surface area contributed by atoms with Gasteiger partial charge in [-0.2, -0.15) is 5.26 Å². The molecule has 0 N–H and O–H groups in total. The number of fused-ring (bicyclic) bond motifs is 4. The van der Waals surface area contributed by atoms with Crippen LogP contribution in [0.1, 0.15) is 31.9 Å². The number of nitrogens with zero attached hydrogens (tertiary/aromatic N) is 5.